The Hall–Kier alpha value is -2.29. The summed E-state index contributed by atoms with van der Waals surface area (Å²) in [6.07, 6.45) is -3.95. The molecule has 0 spiro atoms. The summed E-state index contributed by atoms with van der Waals surface area (Å²) in [6, 6.07) is 3.69. The van der Waals surface area contributed by atoms with Crippen LogP contribution in [0.2, 0.25) is 0 Å². The van der Waals surface area contributed by atoms with Gasteiger partial charge in [-0.2, -0.15) is 13.2 Å². The number of hydrogen-bond donors (Lipinski definition) is 1. The van der Waals surface area contributed by atoms with Gasteiger partial charge in [0, 0.05) is 6.61 Å². The van der Waals surface area contributed by atoms with Crippen LogP contribution in [-0.4, -0.2) is 44.5 Å². The van der Waals surface area contributed by atoms with Gasteiger partial charge >= 0.3 is 12.1 Å². The number of benzene rings is 1. The Morgan fingerprint density at radius 3 is 2.71 bits per heavy atom. The van der Waals surface area contributed by atoms with E-state index < -0.39 is 30.8 Å². The molecule has 1 aromatic carbocycles. The van der Waals surface area contributed by atoms with E-state index >= 15 is 0 Å². The first-order valence-electron chi connectivity index (χ1n) is 7.14. The number of esters is 1. The Morgan fingerprint density at radius 2 is 2.12 bits per heavy atom. The molecular formula is C15H16F3NO5. The maximum atomic E-state index is 12.4. The maximum absolute atomic E-state index is 12.4. The summed E-state index contributed by atoms with van der Waals surface area (Å²) >= 11 is 0. The van der Waals surface area contributed by atoms with E-state index in [0.717, 1.165) is 19.6 Å². The van der Waals surface area contributed by atoms with Crippen molar-refractivity contribution in [2.75, 3.05) is 25.6 Å². The van der Waals surface area contributed by atoms with Gasteiger partial charge in [0.25, 0.3) is 5.91 Å². The van der Waals surface area contributed by atoms with Crippen LogP contribution < -0.4 is 10.1 Å². The molecular weight excluding hydrogens is 331 g/mol. The Kier molecular flexibility index (Phi) is 5.66. The zero-order chi connectivity index (χ0) is 17.7. The van der Waals surface area contributed by atoms with E-state index in [1.54, 1.807) is 0 Å². The Balaban J connectivity index is 2.20. The van der Waals surface area contributed by atoms with Crippen molar-refractivity contribution in [2.24, 2.45) is 0 Å². The molecule has 9 heteroatoms. The highest BCUT2D eigenvalue weighted by Gasteiger charge is 2.30. The number of carbonyl (C=O) groups is 2. The molecule has 0 bridgehead atoms. The number of amides is 1. The summed E-state index contributed by atoms with van der Waals surface area (Å²) in [7, 11) is 1.14. The Morgan fingerprint density at radius 1 is 1.38 bits per heavy atom. The van der Waals surface area contributed by atoms with Gasteiger partial charge in [-0.3, -0.25) is 4.79 Å². The highest BCUT2D eigenvalue weighted by atomic mass is 19.4. The van der Waals surface area contributed by atoms with Crippen LogP contribution in [0.1, 0.15) is 23.2 Å². The molecule has 1 aliphatic rings. The average molecular weight is 347 g/mol. The second kappa shape index (κ2) is 7.52. The lowest BCUT2D eigenvalue weighted by molar-refractivity contribution is -0.153. The highest BCUT2D eigenvalue weighted by molar-refractivity contribution is 5.97. The maximum Gasteiger partial charge on any atom is 0.422 e. The number of carbonyl (C=O) groups excluding carboxylic acids is 2. The van der Waals surface area contributed by atoms with Crippen molar-refractivity contribution >= 4 is 17.6 Å². The van der Waals surface area contributed by atoms with Crippen molar-refractivity contribution in [1.29, 1.82) is 0 Å². The molecule has 1 heterocycles. The lowest BCUT2D eigenvalue weighted by Gasteiger charge is -2.16. The third kappa shape index (κ3) is 4.85. The lowest BCUT2D eigenvalue weighted by Crippen LogP contribution is -2.27. The molecule has 0 aliphatic carbocycles. The van der Waals surface area contributed by atoms with Crippen molar-refractivity contribution in [3.05, 3.63) is 23.8 Å². The van der Waals surface area contributed by atoms with Crippen LogP contribution in [0.5, 0.6) is 5.75 Å². The number of rotatable bonds is 5. The molecule has 2 rings (SSSR count). The van der Waals surface area contributed by atoms with Crippen LogP contribution in [0.25, 0.3) is 0 Å². The number of ether oxygens (including phenoxy) is 3. The quantitative estimate of drug-likeness (QED) is 0.829. The minimum atomic E-state index is -4.56. The SMILES string of the molecule is COC(=O)c1ccc(NC(=O)C2CCCO2)c(OCC(F)(F)F)c1. The molecule has 0 radical (unpaired) electrons. The van der Waals surface area contributed by atoms with Crippen LogP contribution in [-0.2, 0) is 14.3 Å². The summed E-state index contributed by atoms with van der Waals surface area (Å²) in [4.78, 5) is 23.5. The van der Waals surface area contributed by atoms with E-state index in [0.29, 0.717) is 13.0 Å². The number of nitrogens with one attached hydrogen (secondary N) is 1. The van der Waals surface area contributed by atoms with E-state index in [-0.39, 0.29) is 17.0 Å². The molecule has 0 aromatic heterocycles. The molecule has 0 saturated carbocycles. The predicted octanol–water partition coefficient (Wildman–Crippen LogP) is 2.53. The van der Waals surface area contributed by atoms with E-state index in [1.807, 2.05) is 0 Å². The van der Waals surface area contributed by atoms with Gasteiger partial charge in [-0.05, 0) is 31.0 Å². The first-order valence-corrected chi connectivity index (χ1v) is 7.14. The number of hydrogen-bond acceptors (Lipinski definition) is 5. The summed E-state index contributed by atoms with van der Waals surface area (Å²) in [5, 5.41) is 2.46. The zero-order valence-corrected chi connectivity index (χ0v) is 12.8. The molecule has 1 unspecified atom stereocenters. The van der Waals surface area contributed by atoms with Gasteiger partial charge in [0.05, 0.1) is 18.4 Å². The fraction of sp³-hybridized carbons (Fsp3) is 0.467. The van der Waals surface area contributed by atoms with Gasteiger partial charge in [0.2, 0.25) is 0 Å². The first kappa shape index (κ1) is 18.1. The van der Waals surface area contributed by atoms with Gasteiger partial charge < -0.3 is 19.5 Å². The largest absolute Gasteiger partial charge is 0.482 e. The minimum absolute atomic E-state index is 0.00444. The van der Waals surface area contributed by atoms with E-state index in [2.05, 4.69) is 10.1 Å². The Bertz CT molecular complexity index is 612. The minimum Gasteiger partial charge on any atom is -0.482 e. The van der Waals surface area contributed by atoms with Gasteiger partial charge in [-0.25, -0.2) is 4.79 Å². The molecule has 1 fully saturated rings. The summed E-state index contributed by atoms with van der Waals surface area (Å²) in [5.74, 6) is -1.49. The molecule has 1 amide bonds. The molecule has 24 heavy (non-hydrogen) atoms. The number of halogens is 3. The summed E-state index contributed by atoms with van der Waals surface area (Å²) in [5.41, 5.74) is 0.0252. The molecule has 1 aromatic rings. The van der Waals surface area contributed by atoms with Gasteiger partial charge in [0.15, 0.2) is 6.61 Å². The third-order valence-electron chi connectivity index (χ3n) is 3.27. The smallest absolute Gasteiger partial charge is 0.422 e. The van der Waals surface area contributed by atoms with E-state index in [9.17, 15) is 22.8 Å². The zero-order valence-electron chi connectivity index (χ0n) is 12.8. The summed E-state index contributed by atoms with van der Waals surface area (Å²) < 4.78 is 51.6. The van der Waals surface area contributed by atoms with Crippen LogP contribution in [0.4, 0.5) is 18.9 Å². The standard InChI is InChI=1S/C15H16F3NO5/c1-22-14(21)9-4-5-10(12(7-9)24-8-15(16,17)18)19-13(20)11-3-2-6-23-11/h4-5,7,11H,2-3,6,8H2,1H3,(H,19,20). The van der Waals surface area contributed by atoms with Crippen molar-refractivity contribution in [3.8, 4) is 5.75 Å². The van der Waals surface area contributed by atoms with Crippen molar-refractivity contribution in [2.45, 2.75) is 25.1 Å². The third-order valence-corrected chi connectivity index (χ3v) is 3.27. The summed E-state index contributed by atoms with van der Waals surface area (Å²) in [6.45, 7) is -1.10. The van der Waals surface area contributed by atoms with Crippen LogP contribution >= 0.6 is 0 Å². The monoisotopic (exact) mass is 347 g/mol. The average Bonchev–Trinajstić information content (AvgIpc) is 3.06. The van der Waals surface area contributed by atoms with E-state index in [4.69, 9.17) is 9.47 Å². The van der Waals surface area contributed by atoms with Crippen LogP contribution in [0.3, 0.4) is 0 Å². The molecule has 1 N–H and O–H groups in total. The van der Waals surface area contributed by atoms with Crippen LogP contribution in [0.15, 0.2) is 18.2 Å². The highest BCUT2D eigenvalue weighted by Crippen LogP contribution is 2.29. The number of anilines is 1. The van der Waals surface area contributed by atoms with Crippen molar-refractivity contribution < 1.29 is 37.0 Å². The van der Waals surface area contributed by atoms with Gasteiger partial charge in [-0.15, -0.1) is 0 Å². The van der Waals surface area contributed by atoms with Gasteiger partial charge in [-0.1, -0.05) is 0 Å². The molecule has 1 saturated heterocycles. The van der Waals surface area contributed by atoms with Crippen molar-refractivity contribution in [3.63, 3.8) is 0 Å². The number of methoxy groups -OCH3 is 1. The molecule has 1 aliphatic heterocycles. The predicted molar refractivity (Wildman–Crippen MR) is 76.9 cm³/mol. The van der Waals surface area contributed by atoms with Crippen molar-refractivity contribution in [1.82, 2.24) is 0 Å². The molecule has 6 nitrogen and oxygen atoms in total. The second-order valence-corrected chi connectivity index (χ2v) is 5.10. The fourth-order valence-corrected chi connectivity index (χ4v) is 2.15. The number of alkyl halides is 3. The Labute approximate surface area is 135 Å². The normalized spacial score (nSPS) is 17.4. The van der Waals surface area contributed by atoms with Crippen LogP contribution in [0, 0.1) is 0 Å². The topological polar surface area (TPSA) is 73.9 Å². The van der Waals surface area contributed by atoms with E-state index in [1.165, 1.54) is 12.1 Å². The first-order chi connectivity index (χ1) is 11.3. The molecule has 132 valence electrons. The molecule has 1 atom stereocenters. The fourth-order valence-electron chi connectivity index (χ4n) is 2.15. The lowest BCUT2D eigenvalue weighted by atomic mass is 10.1. The van der Waals surface area contributed by atoms with Gasteiger partial charge in [0.1, 0.15) is 11.9 Å². The second-order valence-electron chi connectivity index (χ2n) is 5.10.